The standard InChI is InChI=1S/C10H13NO/c1-8-6-10(8,7-12)9-4-2-3-5-11-9/h2-5,8,12H,6-7H2,1H3. The smallest absolute Gasteiger partial charge is 0.0545 e. The average Bonchev–Trinajstić information content (AvgIpc) is 2.80. The highest BCUT2D eigenvalue weighted by Gasteiger charge is 2.52. The molecule has 0 amide bonds. The van der Waals surface area contributed by atoms with Gasteiger partial charge in [0, 0.05) is 17.3 Å². The van der Waals surface area contributed by atoms with Gasteiger partial charge in [0.05, 0.1) is 6.61 Å². The van der Waals surface area contributed by atoms with Crippen LogP contribution >= 0.6 is 0 Å². The third-order valence-corrected chi connectivity index (χ3v) is 2.91. The van der Waals surface area contributed by atoms with Gasteiger partial charge in [-0.05, 0) is 24.5 Å². The second-order valence-corrected chi connectivity index (χ2v) is 3.63. The van der Waals surface area contributed by atoms with E-state index in [4.69, 9.17) is 0 Å². The lowest BCUT2D eigenvalue weighted by Crippen LogP contribution is -2.16. The van der Waals surface area contributed by atoms with Gasteiger partial charge < -0.3 is 5.11 Å². The van der Waals surface area contributed by atoms with Crippen molar-refractivity contribution in [1.29, 1.82) is 0 Å². The van der Waals surface area contributed by atoms with Crippen LogP contribution in [0.5, 0.6) is 0 Å². The van der Waals surface area contributed by atoms with Crippen LogP contribution in [0, 0.1) is 5.92 Å². The maximum atomic E-state index is 9.24. The maximum Gasteiger partial charge on any atom is 0.0545 e. The molecule has 1 fully saturated rings. The van der Waals surface area contributed by atoms with E-state index in [9.17, 15) is 5.11 Å². The first-order valence-electron chi connectivity index (χ1n) is 4.32. The molecule has 0 aromatic carbocycles. The van der Waals surface area contributed by atoms with Gasteiger partial charge in [-0.2, -0.15) is 0 Å². The van der Waals surface area contributed by atoms with Crippen LogP contribution in [0.15, 0.2) is 24.4 Å². The van der Waals surface area contributed by atoms with Gasteiger partial charge in [-0.15, -0.1) is 0 Å². The van der Waals surface area contributed by atoms with Crippen molar-refractivity contribution in [2.45, 2.75) is 18.8 Å². The molecule has 0 bridgehead atoms. The first-order valence-corrected chi connectivity index (χ1v) is 4.32. The molecular formula is C10H13NO. The zero-order valence-electron chi connectivity index (χ0n) is 7.20. The Balaban J connectivity index is 2.31. The van der Waals surface area contributed by atoms with Crippen LogP contribution in [0.3, 0.4) is 0 Å². The highest BCUT2D eigenvalue weighted by Crippen LogP contribution is 2.52. The Bertz CT molecular complexity index is 268. The Morgan fingerprint density at radius 3 is 2.83 bits per heavy atom. The van der Waals surface area contributed by atoms with E-state index in [1.165, 1.54) is 0 Å². The minimum Gasteiger partial charge on any atom is -0.395 e. The van der Waals surface area contributed by atoms with E-state index in [1.54, 1.807) is 6.20 Å². The number of rotatable bonds is 2. The second kappa shape index (κ2) is 2.56. The van der Waals surface area contributed by atoms with Gasteiger partial charge in [0.1, 0.15) is 0 Å². The summed E-state index contributed by atoms with van der Waals surface area (Å²) in [5.41, 5.74) is 1.03. The van der Waals surface area contributed by atoms with Crippen molar-refractivity contribution < 1.29 is 5.11 Å². The molecule has 1 heterocycles. The molecule has 1 aromatic rings. The molecule has 1 aromatic heterocycles. The van der Waals surface area contributed by atoms with E-state index < -0.39 is 0 Å². The molecule has 1 aliphatic rings. The fourth-order valence-corrected chi connectivity index (χ4v) is 1.80. The lowest BCUT2D eigenvalue weighted by molar-refractivity contribution is 0.244. The third-order valence-electron chi connectivity index (χ3n) is 2.91. The lowest BCUT2D eigenvalue weighted by Gasteiger charge is -2.11. The van der Waals surface area contributed by atoms with Crippen molar-refractivity contribution in [3.05, 3.63) is 30.1 Å². The molecule has 1 N–H and O–H groups in total. The summed E-state index contributed by atoms with van der Waals surface area (Å²) < 4.78 is 0. The van der Waals surface area contributed by atoms with Crippen molar-refractivity contribution in [3.8, 4) is 0 Å². The number of pyridine rings is 1. The van der Waals surface area contributed by atoms with E-state index in [2.05, 4.69) is 11.9 Å². The molecule has 64 valence electrons. The number of nitrogens with zero attached hydrogens (tertiary/aromatic N) is 1. The normalized spacial score (nSPS) is 33.3. The highest BCUT2D eigenvalue weighted by atomic mass is 16.3. The summed E-state index contributed by atoms with van der Waals surface area (Å²) in [6.07, 6.45) is 2.86. The molecule has 0 spiro atoms. The number of aliphatic hydroxyl groups excluding tert-OH is 1. The molecule has 2 unspecified atom stereocenters. The summed E-state index contributed by atoms with van der Waals surface area (Å²) >= 11 is 0. The Kier molecular flexibility index (Phi) is 1.65. The molecule has 2 atom stereocenters. The molecule has 2 rings (SSSR count). The van der Waals surface area contributed by atoms with Gasteiger partial charge in [0.2, 0.25) is 0 Å². The molecule has 0 saturated heterocycles. The summed E-state index contributed by atoms with van der Waals surface area (Å²) in [5.74, 6) is 0.581. The Labute approximate surface area is 72.3 Å². The van der Waals surface area contributed by atoms with Crippen LogP contribution in [0.4, 0.5) is 0 Å². The lowest BCUT2D eigenvalue weighted by atomic mass is 10.0. The molecule has 12 heavy (non-hydrogen) atoms. The monoisotopic (exact) mass is 163 g/mol. The first-order chi connectivity index (χ1) is 5.79. The van der Waals surface area contributed by atoms with E-state index in [-0.39, 0.29) is 12.0 Å². The summed E-state index contributed by atoms with van der Waals surface area (Å²) in [5, 5.41) is 9.24. The van der Waals surface area contributed by atoms with Gasteiger partial charge >= 0.3 is 0 Å². The van der Waals surface area contributed by atoms with E-state index in [1.807, 2.05) is 18.2 Å². The minimum atomic E-state index is -0.0126. The molecule has 0 aliphatic heterocycles. The van der Waals surface area contributed by atoms with Crippen LogP contribution in [-0.2, 0) is 5.41 Å². The molecule has 1 saturated carbocycles. The van der Waals surface area contributed by atoms with E-state index in [0.717, 1.165) is 12.1 Å². The van der Waals surface area contributed by atoms with E-state index in [0.29, 0.717) is 5.92 Å². The predicted molar refractivity (Wildman–Crippen MR) is 46.8 cm³/mol. The summed E-state index contributed by atoms with van der Waals surface area (Å²) in [6, 6.07) is 5.88. The van der Waals surface area contributed by atoms with Gasteiger partial charge in [0.25, 0.3) is 0 Å². The zero-order chi connectivity index (χ0) is 8.60. The van der Waals surface area contributed by atoms with Crippen molar-refractivity contribution in [3.63, 3.8) is 0 Å². The van der Waals surface area contributed by atoms with Crippen molar-refractivity contribution in [2.24, 2.45) is 5.92 Å². The van der Waals surface area contributed by atoms with Crippen molar-refractivity contribution in [2.75, 3.05) is 6.61 Å². The topological polar surface area (TPSA) is 33.1 Å². The molecular weight excluding hydrogens is 150 g/mol. The Hall–Kier alpha value is -0.890. The number of aromatic nitrogens is 1. The molecule has 1 aliphatic carbocycles. The van der Waals surface area contributed by atoms with Crippen LogP contribution in [-0.4, -0.2) is 16.7 Å². The van der Waals surface area contributed by atoms with Crippen LogP contribution < -0.4 is 0 Å². The van der Waals surface area contributed by atoms with Crippen LogP contribution in [0.2, 0.25) is 0 Å². The fourth-order valence-electron chi connectivity index (χ4n) is 1.80. The minimum absolute atomic E-state index is 0.0126. The number of aliphatic hydroxyl groups is 1. The zero-order valence-corrected chi connectivity index (χ0v) is 7.20. The van der Waals surface area contributed by atoms with Gasteiger partial charge in [-0.1, -0.05) is 13.0 Å². The average molecular weight is 163 g/mol. The third kappa shape index (κ3) is 0.950. The SMILES string of the molecule is CC1CC1(CO)c1ccccn1. The van der Waals surface area contributed by atoms with Gasteiger partial charge in [-0.25, -0.2) is 0 Å². The van der Waals surface area contributed by atoms with Gasteiger partial charge in [0.15, 0.2) is 0 Å². The highest BCUT2D eigenvalue weighted by molar-refractivity contribution is 5.27. The summed E-state index contributed by atoms with van der Waals surface area (Å²) in [7, 11) is 0. The van der Waals surface area contributed by atoms with Crippen molar-refractivity contribution >= 4 is 0 Å². The molecule has 2 nitrogen and oxygen atoms in total. The molecule has 0 radical (unpaired) electrons. The van der Waals surface area contributed by atoms with Gasteiger partial charge in [-0.3, -0.25) is 4.98 Å². The quantitative estimate of drug-likeness (QED) is 0.714. The second-order valence-electron chi connectivity index (χ2n) is 3.63. The molecule has 2 heteroatoms. The maximum absolute atomic E-state index is 9.24. The Morgan fingerprint density at radius 2 is 2.42 bits per heavy atom. The first kappa shape index (κ1) is 7.74. The van der Waals surface area contributed by atoms with Crippen molar-refractivity contribution in [1.82, 2.24) is 4.98 Å². The predicted octanol–water partition coefficient (Wildman–Crippen LogP) is 1.35. The summed E-state index contributed by atoms with van der Waals surface area (Å²) in [4.78, 5) is 4.27. The van der Waals surface area contributed by atoms with Crippen LogP contribution in [0.25, 0.3) is 0 Å². The fraction of sp³-hybridized carbons (Fsp3) is 0.500. The number of hydrogen-bond donors (Lipinski definition) is 1. The Morgan fingerprint density at radius 1 is 1.67 bits per heavy atom. The largest absolute Gasteiger partial charge is 0.395 e. The summed E-state index contributed by atoms with van der Waals surface area (Å²) in [6.45, 7) is 2.39. The van der Waals surface area contributed by atoms with Crippen LogP contribution in [0.1, 0.15) is 19.0 Å². The van der Waals surface area contributed by atoms with E-state index >= 15 is 0 Å². The number of hydrogen-bond acceptors (Lipinski definition) is 2.